The zero-order chi connectivity index (χ0) is 28.4. The van der Waals surface area contributed by atoms with Gasteiger partial charge in [-0.2, -0.15) is 0 Å². The molecule has 11 nitrogen and oxygen atoms in total. The Morgan fingerprint density at radius 1 is 1.13 bits per heavy atom. The molecule has 5 amide bonds. The molecule has 12 heteroatoms. The number of fused-ring (bicyclic) bond motifs is 2. The number of nitrogens with one attached hydrogen (secondary N) is 2. The number of urea groups is 1. The minimum absolute atomic E-state index is 0.0514. The molecule has 2 aromatic heterocycles. The Kier molecular flexibility index (Phi) is 7.84. The second-order valence-corrected chi connectivity index (χ2v) is 9.03. The molecule has 2 saturated heterocycles. The molecule has 3 aliphatic rings. The molecule has 0 radical (unpaired) electrons. The predicted octanol–water partition coefficient (Wildman–Crippen LogP) is 3.67. The molecule has 3 aliphatic heterocycles. The Balaban J connectivity index is 0.000000189. The third-order valence-corrected chi connectivity index (χ3v) is 6.55. The molecule has 2 unspecified atom stereocenters. The molecule has 2 atom stereocenters. The summed E-state index contributed by atoms with van der Waals surface area (Å²) in [4.78, 5) is 54.0. The number of carbonyl (C=O) groups excluding carboxylic acids is 4. The Morgan fingerprint density at radius 3 is 2.49 bits per heavy atom. The first kappa shape index (κ1) is 27.6. The number of carbonyl (C=O) groups is 4. The van der Waals surface area contributed by atoms with E-state index in [9.17, 15) is 23.6 Å². The summed E-state index contributed by atoms with van der Waals surface area (Å²) in [5.74, 6) is -0.246. The normalized spacial score (nSPS) is 19.7. The summed E-state index contributed by atoms with van der Waals surface area (Å²) >= 11 is 0. The maximum atomic E-state index is 13.6. The number of hydrogen-bond donors (Lipinski definition) is 2. The molecule has 1 aromatic carbocycles. The Morgan fingerprint density at radius 2 is 1.87 bits per heavy atom. The zero-order valence-electron chi connectivity index (χ0n) is 22.3. The van der Waals surface area contributed by atoms with Crippen LogP contribution < -0.4 is 20.3 Å². The van der Waals surface area contributed by atoms with Gasteiger partial charge in [-0.15, -0.1) is 0 Å². The fourth-order valence-electron chi connectivity index (χ4n) is 4.64. The number of hydrogen-bond acceptors (Lipinski definition) is 7. The van der Waals surface area contributed by atoms with Crippen LogP contribution in [0.4, 0.5) is 15.0 Å². The van der Waals surface area contributed by atoms with Gasteiger partial charge in [0, 0.05) is 32.1 Å². The summed E-state index contributed by atoms with van der Waals surface area (Å²) in [6, 6.07) is 7.02. The van der Waals surface area contributed by atoms with E-state index >= 15 is 0 Å². The SMILES string of the molecule is CC.CC1CCC(=O)N1c1ccc2oc(C3NC(=O)NC3=O)cc2n1.COc1ccc2c(c1F)C(=O)N(C)C2. The summed E-state index contributed by atoms with van der Waals surface area (Å²) in [6.45, 7) is 6.45. The quantitative estimate of drug-likeness (QED) is 0.485. The monoisotopic (exact) mass is 539 g/mol. The largest absolute Gasteiger partial charge is 0.494 e. The fraction of sp³-hybridized carbons (Fsp3) is 0.370. The van der Waals surface area contributed by atoms with Gasteiger partial charge in [0.25, 0.3) is 11.8 Å². The molecule has 0 spiro atoms. The highest BCUT2D eigenvalue weighted by Gasteiger charge is 2.34. The van der Waals surface area contributed by atoms with Crippen LogP contribution >= 0.6 is 0 Å². The van der Waals surface area contributed by atoms with E-state index in [2.05, 4.69) is 15.6 Å². The number of anilines is 1. The van der Waals surface area contributed by atoms with Crippen molar-refractivity contribution >= 4 is 40.7 Å². The molecule has 0 bridgehead atoms. The molecule has 6 rings (SSSR count). The van der Waals surface area contributed by atoms with Gasteiger partial charge >= 0.3 is 6.03 Å². The first-order chi connectivity index (χ1) is 18.7. The van der Waals surface area contributed by atoms with Crippen molar-refractivity contribution in [2.45, 2.75) is 52.2 Å². The minimum atomic E-state index is -0.854. The summed E-state index contributed by atoms with van der Waals surface area (Å²) in [6.07, 6.45) is 1.33. The van der Waals surface area contributed by atoms with E-state index in [0.717, 1.165) is 12.0 Å². The lowest BCUT2D eigenvalue weighted by Gasteiger charge is -2.20. The minimum Gasteiger partial charge on any atom is -0.494 e. The number of rotatable bonds is 3. The third kappa shape index (κ3) is 5.14. The van der Waals surface area contributed by atoms with E-state index in [0.29, 0.717) is 35.6 Å². The second-order valence-electron chi connectivity index (χ2n) is 9.03. The highest BCUT2D eigenvalue weighted by Crippen LogP contribution is 2.31. The van der Waals surface area contributed by atoms with Gasteiger partial charge < -0.3 is 19.4 Å². The lowest BCUT2D eigenvalue weighted by Crippen LogP contribution is -2.31. The number of imide groups is 1. The molecule has 206 valence electrons. The van der Waals surface area contributed by atoms with Gasteiger partial charge in [-0.3, -0.25) is 24.6 Å². The van der Waals surface area contributed by atoms with Gasteiger partial charge in [0.1, 0.15) is 17.1 Å². The number of furan rings is 1. The topological polar surface area (TPSA) is 134 Å². The van der Waals surface area contributed by atoms with Crippen molar-refractivity contribution in [2.24, 2.45) is 0 Å². The smallest absolute Gasteiger partial charge is 0.322 e. The lowest BCUT2D eigenvalue weighted by atomic mass is 10.1. The zero-order valence-corrected chi connectivity index (χ0v) is 22.3. The van der Waals surface area contributed by atoms with Crippen LogP contribution in [0.3, 0.4) is 0 Å². The van der Waals surface area contributed by atoms with Crippen molar-refractivity contribution in [3.63, 3.8) is 0 Å². The number of aromatic nitrogens is 1. The van der Waals surface area contributed by atoms with Gasteiger partial charge in [-0.05, 0) is 37.1 Å². The van der Waals surface area contributed by atoms with Crippen LogP contribution in [0.1, 0.15) is 61.3 Å². The molecule has 5 heterocycles. The van der Waals surface area contributed by atoms with E-state index in [-0.39, 0.29) is 29.2 Å². The third-order valence-electron chi connectivity index (χ3n) is 6.55. The highest BCUT2D eigenvalue weighted by atomic mass is 19.1. The van der Waals surface area contributed by atoms with Crippen LogP contribution in [-0.2, 0) is 16.1 Å². The first-order valence-electron chi connectivity index (χ1n) is 12.6. The summed E-state index contributed by atoms with van der Waals surface area (Å²) in [5.41, 5.74) is 1.90. The molecular formula is C27H30FN5O6. The average molecular weight is 540 g/mol. The van der Waals surface area contributed by atoms with Gasteiger partial charge in [0.2, 0.25) is 5.91 Å². The number of amides is 5. The van der Waals surface area contributed by atoms with Crippen molar-refractivity contribution in [3.8, 4) is 5.75 Å². The lowest BCUT2D eigenvalue weighted by molar-refractivity contribution is -0.120. The second kappa shape index (κ2) is 11.1. The van der Waals surface area contributed by atoms with Gasteiger partial charge in [-0.1, -0.05) is 19.9 Å². The Labute approximate surface area is 224 Å². The molecule has 0 saturated carbocycles. The van der Waals surface area contributed by atoms with Crippen molar-refractivity contribution < 1.29 is 32.7 Å². The number of nitrogens with zero attached hydrogens (tertiary/aromatic N) is 3. The number of benzene rings is 1. The Bertz CT molecular complexity index is 1450. The summed E-state index contributed by atoms with van der Waals surface area (Å²) in [5, 5.41) is 4.63. The molecule has 2 N–H and O–H groups in total. The van der Waals surface area contributed by atoms with E-state index in [1.165, 1.54) is 12.0 Å². The van der Waals surface area contributed by atoms with Gasteiger partial charge in [-0.25, -0.2) is 14.2 Å². The van der Waals surface area contributed by atoms with Gasteiger partial charge in [0.15, 0.2) is 23.2 Å². The maximum absolute atomic E-state index is 13.6. The number of pyridine rings is 1. The van der Waals surface area contributed by atoms with E-state index in [1.807, 2.05) is 20.8 Å². The van der Waals surface area contributed by atoms with Crippen molar-refractivity contribution in [2.75, 3.05) is 19.1 Å². The number of methoxy groups -OCH3 is 1. The molecule has 3 aromatic rings. The van der Waals surface area contributed by atoms with Crippen molar-refractivity contribution in [1.29, 1.82) is 0 Å². The number of halogens is 1. The maximum Gasteiger partial charge on any atom is 0.322 e. The molecular weight excluding hydrogens is 509 g/mol. The van der Waals surface area contributed by atoms with Gasteiger partial charge in [0.05, 0.1) is 12.7 Å². The van der Waals surface area contributed by atoms with Crippen LogP contribution in [0.25, 0.3) is 11.1 Å². The van der Waals surface area contributed by atoms with E-state index < -0.39 is 23.8 Å². The van der Waals surface area contributed by atoms with Crippen LogP contribution in [0.2, 0.25) is 0 Å². The summed E-state index contributed by atoms with van der Waals surface area (Å²) < 4.78 is 24.0. The predicted molar refractivity (Wildman–Crippen MR) is 140 cm³/mol. The molecule has 2 fully saturated rings. The standard InChI is InChI=1S/C15H14N4O4.C10H10FNO2.C2H6/c1-7-2-5-12(20)19(7)11-4-3-9-8(16-11)6-10(23-9)13-14(21)18-15(22)17-13;1-12-5-6-3-4-7(14-2)9(11)8(6)10(12)13;1-2/h3-4,6-7,13H,2,5H2,1H3,(H2,17,18,21,22);3-4H,5H2,1-2H3;1-2H3. The first-order valence-corrected chi connectivity index (χ1v) is 12.6. The molecule has 39 heavy (non-hydrogen) atoms. The number of ether oxygens (including phenoxy) is 1. The van der Waals surface area contributed by atoms with E-state index in [4.69, 9.17) is 9.15 Å². The average Bonchev–Trinajstić information content (AvgIpc) is 3.66. The van der Waals surface area contributed by atoms with Crippen molar-refractivity contribution in [3.05, 3.63) is 53.0 Å². The Hall–Kier alpha value is -4.48. The van der Waals surface area contributed by atoms with Crippen LogP contribution in [0.15, 0.2) is 34.7 Å². The van der Waals surface area contributed by atoms with Crippen molar-refractivity contribution in [1.82, 2.24) is 20.5 Å². The van der Waals surface area contributed by atoms with Crippen LogP contribution in [-0.4, -0.2) is 53.8 Å². The van der Waals surface area contributed by atoms with Crippen LogP contribution in [0, 0.1) is 5.82 Å². The van der Waals surface area contributed by atoms with Crippen LogP contribution in [0.5, 0.6) is 5.75 Å². The summed E-state index contributed by atoms with van der Waals surface area (Å²) in [7, 11) is 3.03. The molecule has 0 aliphatic carbocycles. The highest BCUT2D eigenvalue weighted by molar-refractivity contribution is 6.04. The fourth-order valence-corrected chi connectivity index (χ4v) is 4.64. The van der Waals surface area contributed by atoms with E-state index in [1.54, 1.807) is 42.3 Å².